The number of hydrogen-bond donors (Lipinski definition) is 1. The van der Waals surface area contributed by atoms with Crippen molar-refractivity contribution in [2.75, 3.05) is 12.3 Å². The largest absolute Gasteiger partial charge is 0.488 e. The first-order chi connectivity index (χ1) is 17.8. The normalized spacial score (nSPS) is 28.7. The Hall–Kier alpha value is -2.75. The molecule has 0 amide bonds. The summed E-state index contributed by atoms with van der Waals surface area (Å²) in [6.07, 6.45) is 3.95. The first-order valence-electron chi connectivity index (χ1n) is 13.6. The zero-order chi connectivity index (χ0) is 23.4. The predicted molar refractivity (Wildman–Crippen MR) is 148 cm³/mol. The standard InChI is InChI=1S/C33H29NOS/c1-2-4-26-23(3-1)21-13-27(32(26)35-16-21)18-5-9-25-22-14-28(33(36-17-22)30(25)12-18)19-6-8-24-20-7-10-31(34-15-20)29(24)11-19/h1-6,8-9,11-13,20,22,28,31,33-34H,7,10,14-17H2. The first-order valence-corrected chi connectivity index (χ1v) is 14.7. The summed E-state index contributed by atoms with van der Waals surface area (Å²) in [5.41, 5.74) is 11.8. The Bertz CT molecular complexity index is 1570. The molecule has 6 heterocycles. The average molecular weight is 488 g/mol. The molecule has 0 spiro atoms. The summed E-state index contributed by atoms with van der Waals surface area (Å²) >= 11 is 2.19. The summed E-state index contributed by atoms with van der Waals surface area (Å²) < 4.78 is 6.24. The van der Waals surface area contributed by atoms with Gasteiger partial charge in [-0.1, -0.05) is 54.6 Å². The fourth-order valence-corrected chi connectivity index (χ4v) is 9.62. The molecule has 12 rings (SSSR count). The van der Waals surface area contributed by atoms with Crippen LogP contribution < -0.4 is 10.1 Å². The maximum absolute atomic E-state index is 6.24. The quantitative estimate of drug-likeness (QED) is 0.310. The van der Waals surface area contributed by atoms with Gasteiger partial charge in [-0.05, 0) is 87.6 Å². The molecule has 0 aromatic heterocycles. The average Bonchev–Trinajstić information content (AvgIpc) is 2.98. The Balaban J connectivity index is 1.14. The third-order valence-electron chi connectivity index (χ3n) is 9.75. The molecule has 1 N–H and O–H groups in total. The number of hydrogen-bond acceptors (Lipinski definition) is 3. The van der Waals surface area contributed by atoms with Gasteiger partial charge in [0.05, 0.1) is 0 Å². The Morgan fingerprint density at radius 1 is 0.806 bits per heavy atom. The van der Waals surface area contributed by atoms with E-state index in [0.29, 0.717) is 29.7 Å². The number of rotatable bonds is 2. The molecule has 4 aromatic rings. The fourth-order valence-electron chi connectivity index (χ4n) is 7.98. The molecule has 5 unspecified atom stereocenters. The highest BCUT2D eigenvalue weighted by atomic mass is 32.2. The zero-order valence-electron chi connectivity index (χ0n) is 20.3. The molecule has 6 aliphatic heterocycles. The summed E-state index contributed by atoms with van der Waals surface area (Å²) in [7, 11) is 0. The third-order valence-corrected chi connectivity index (χ3v) is 11.3. The zero-order valence-corrected chi connectivity index (χ0v) is 21.1. The molecule has 178 valence electrons. The van der Waals surface area contributed by atoms with Gasteiger partial charge in [0.2, 0.25) is 0 Å². The van der Waals surface area contributed by atoms with Gasteiger partial charge in [-0.15, -0.1) is 0 Å². The summed E-state index contributed by atoms with van der Waals surface area (Å²) in [4.78, 5) is 0. The van der Waals surface area contributed by atoms with E-state index in [1.165, 1.54) is 59.0 Å². The maximum atomic E-state index is 6.24. The van der Waals surface area contributed by atoms with Gasteiger partial charge >= 0.3 is 0 Å². The molecule has 8 aliphatic rings. The number of fused-ring (bicyclic) bond motifs is 6. The number of benzene rings is 4. The SMILES string of the molecule is c1ccc2c3c(-c4ccc5c(c4)C4SCC5CC4c4ccc5c(c4)C4CCC5CN4)cc(c2c1)CO3. The molecule has 3 heteroatoms. The van der Waals surface area contributed by atoms with E-state index in [4.69, 9.17) is 4.74 Å². The van der Waals surface area contributed by atoms with Crippen molar-refractivity contribution in [2.24, 2.45) is 0 Å². The van der Waals surface area contributed by atoms with E-state index in [1.54, 1.807) is 27.8 Å². The summed E-state index contributed by atoms with van der Waals surface area (Å²) in [5.74, 6) is 4.32. The third kappa shape index (κ3) is 2.74. The van der Waals surface area contributed by atoms with Gasteiger partial charge in [0.15, 0.2) is 0 Å². The van der Waals surface area contributed by atoms with Crippen LogP contribution in [0.4, 0.5) is 0 Å². The highest BCUT2D eigenvalue weighted by molar-refractivity contribution is 7.99. The van der Waals surface area contributed by atoms with Crippen LogP contribution in [0.1, 0.15) is 81.7 Å². The van der Waals surface area contributed by atoms with Crippen LogP contribution in [0.25, 0.3) is 21.9 Å². The van der Waals surface area contributed by atoms with Crippen LogP contribution in [0.3, 0.4) is 0 Å². The molecule has 6 bridgehead atoms. The van der Waals surface area contributed by atoms with Crippen LogP contribution in [0.5, 0.6) is 5.75 Å². The fraction of sp³-hybridized carbons (Fsp3) is 0.333. The van der Waals surface area contributed by atoms with Gasteiger partial charge in [-0.2, -0.15) is 11.8 Å². The molecule has 4 aromatic carbocycles. The number of thioether (sulfide) groups is 1. The molecule has 5 atom stereocenters. The van der Waals surface area contributed by atoms with Crippen LogP contribution in [0.15, 0.2) is 66.7 Å². The van der Waals surface area contributed by atoms with Gasteiger partial charge in [0, 0.05) is 40.5 Å². The minimum atomic E-state index is 0.545. The van der Waals surface area contributed by atoms with Crippen molar-refractivity contribution in [1.29, 1.82) is 0 Å². The highest BCUT2D eigenvalue weighted by Crippen LogP contribution is 2.60. The lowest BCUT2D eigenvalue weighted by atomic mass is 9.71. The van der Waals surface area contributed by atoms with Crippen LogP contribution in [-0.4, -0.2) is 12.3 Å². The molecule has 2 saturated heterocycles. The van der Waals surface area contributed by atoms with Crippen molar-refractivity contribution in [3.8, 4) is 16.9 Å². The van der Waals surface area contributed by atoms with E-state index in [2.05, 4.69) is 83.8 Å². The maximum Gasteiger partial charge on any atom is 0.135 e. The van der Waals surface area contributed by atoms with Gasteiger partial charge in [0.25, 0.3) is 0 Å². The molecular weight excluding hydrogens is 458 g/mol. The van der Waals surface area contributed by atoms with E-state index in [0.717, 1.165) is 11.7 Å². The molecule has 36 heavy (non-hydrogen) atoms. The van der Waals surface area contributed by atoms with Crippen molar-refractivity contribution < 1.29 is 4.74 Å². The predicted octanol–water partition coefficient (Wildman–Crippen LogP) is 7.98. The minimum absolute atomic E-state index is 0.545. The van der Waals surface area contributed by atoms with E-state index < -0.39 is 0 Å². The summed E-state index contributed by atoms with van der Waals surface area (Å²) in [6, 6.07) is 26.5. The molecular formula is C33H29NOS. The van der Waals surface area contributed by atoms with Crippen molar-refractivity contribution in [3.05, 3.63) is 100 Å². The topological polar surface area (TPSA) is 21.3 Å². The van der Waals surface area contributed by atoms with Crippen molar-refractivity contribution in [1.82, 2.24) is 5.32 Å². The summed E-state index contributed by atoms with van der Waals surface area (Å²) in [6.45, 7) is 1.86. The number of nitrogens with one attached hydrogen (secondary N) is 1. The van der Waals surface area contributed by atoms with Crippen molar-refractivity contribution >= 4 is 22.5 Å². The van der Waals surface area contributed by atoms with Gasteiger partial charge < -0.3 is 10.1 Å². The molecule has 0 saturated carbocycles. The Morgan fingerprint density at radius 2 is 1.69 bits per heavy atom. The van der Waals surface area contributed by atoms with Gasteiger partial charge in [-0.25, -0.2) is 0 Å². The smallest absolute Gasteiger partial charge is 0.135 e. The van der Waals surface area contributed by atoms with Crippen LogP contribution in [-0.2, 0) is 6.61 Å². The minimum Gasteiger partial charge on any atom is -0.488 e. The lowest BCUT2D eigenvalue weighted by molar-refractivity contribution is 0.304. The number of ether oxygens (including phenoxy) is 1. The lowest BCUT2D eigenvalue weighted by Gasteiger charge is -2.45. The van der Waals surface area contributed by atoms with Crippen LogP contribution in [0.2, 0.25) is 0 Å². The van der Waals surface area contributed by atoms with Crippen LogP contribution >= 0.6 is 11.8 Å². The monoisotopic (exact) mass is 487 g/mol. The summed E-state index contributed by atoms with van der Waals surface area (Å²) in [5, 5.41) is 6.92. The van der Waals surface area contributed by atoms with Gasteiger partial charge in [-0.3, -0.25) is 0 Å². The Labute approximate surface area is 216 Å². The first kappa shape index (κ1) is 20.3. The van der Waals surface area contributed by atoms with Gasteiger partial charge in [0.1, 0.15) is 12.4 Å². The second kappa shape index (κ2) is 7.40. The lowest BCUT2D eigenvalue weighted by Crippen LogP contribution is -2.38. The molecule has 2 nitrogen and oxygen atoms in total. The van der Waals surface area contributed by atoms with Crippen LogP contribution in [0, 0.1) is 0 Å². The Kier molecular flexibility index (Phi) is 4.18. The highest BCUT2D eigenvalue weighted by Gasteiger charge is 2.42. The second-order valence-electron chi connectivity index (χ2n) is 11.5. The van der Waals surface area contributed by atoms with E-state index in [9.17, 15) is 0 Å². The van der Waals surface area contributed by atoms with Crippen molar-refractivity contribution in [2.45, 2.75) is 54.9 Å². The van der Waals surface area contributed by atoms with E-state index in [-0.39, 0.29) is 0 Å². The van der Waals surface area contributed by atoms with E-state index in [1.807, 2.05) is 0 Å². The molecule has 0 radical (unpaired) electrons. The van der Waals surface area contributed by atoms with E-state index >= 15 is 0 Å². The Morgan fingerprint density at radius 3 is 2.61 bits per heavy atom. The van der Waals surface area contributed by atoms with Crippen molar-refractivity contribution in [3.63, 3.8) is 0 Å². The second-order valence-corrected chi connectivity index (χ2v) is 12.7. The molecule has 2 fully saturated rings. The number of piperidine rings is 1. The molecule has 2 aliphatic carbocycles.